The number of rotatable bonds is 9. The van der Waals surface area contributed by atoms with Crippen molar-refractivity contribution in [3.63, 3.8) is 0 Å². The summed E-state index contributed by atoms with van der Waals surface area (Å²) in [5.41, 5.74) is 1.36. The number of benzene rings is 2. The number of nitrogens with zero attached hydrogens (tertiary/aromatic N) is 1. The number of carbonyl (C=O) groups is 2. The summed E-state index contributed by atoms with van der Waals surface area (Å²) in [6.07, 6.45) is 3.83. The van der Waals surface area contributed by atoms with Gasteiger partial charge >= 0.3 is 5.97 Å². The van der Waals surface area contributed by atoms with E-state index < -0.39 is 17.9 Å². The van der Waals surface area contributed by atoms with Gasteiger partial charge in [0.15, 0.2) is 0 Å². The SMILES string of the molecule is O=C(NC(Cc1cc(=O)[nH]c2ccccc12)C(=O)OCC=CCN1CCOCC1)c1ccc(Cl)cc1. The number of aromatic nitrogens is 1. The van der Waals surface area contributed by atoms with Crippen molar-refractivity contribution in [1.29, 1.82) is 0 Å². The van der Waals surface area contributed by atoms with Gasteiger partial charge < -0.3 is 19.8 Å². The molecule has 0 radical (unpaired) electrons. The van der Waals surface area contributed by atoms with E-state index in [4.69, 9.17) is 21.1 Å². The molecule has 1 atom stereocenters. The lowest BCUT2D eigenvalue weighted by molar-refractivity contribution is -0.144. The minimum Gasteiger partial charge on any atom is -0.460 e. The predicted molar refractivity (Wildman–Crippen MR) is 138 cm³/mol. The molecule has 1 saturated heterocycles. The zero-order chi connectivity index (χ0) is 25.3. The molecule has 1 aliphatic rings. The summed E-state index contributed by atoms with van der Waals surface area (Å²) in [5, 5.41) is 4.06. The summed E-state index contributed by atoms with van der Waals surface area (Å²) in [7, 11) is 0. The van der Waals surface area contributed by atoms with Gasteiger partial charge in [-0.05, 0) is 42.0 Å². The van der Waals surface area contributed by atoms with Gasteiger partial charge in [-0.25, -0.2) is 4.79 Å². The maximum Gasteiger partial charge on any atom is 0.329 e. The molecule has 36 heavy (non-hydrogen) atoms. The molecule has 0 bridgehead atoms. The minimum absolute atomic E-state index is 0.0760. The molecule has 1 fully saturated rings. The Bertz CT molecular complexity index is 1280. The van der Waals surface area contributed by atoms with Crippen molar-refractivity contribution in [3.05, 3.63) is 93.3 Å². The van der Waals surface area contributed by atoms with Crippen molar-refractivity contribution in [2.75, 3.05) is 39.5 Å². The molecule has 1 amide bonds. The van der Waals surface area contributed by atoms with E-state index in [1.165, 1.54) is 6.07 Å². The van der Waals surface area contributed by atoms with Gasteiger partial charge in [0.2, 0.25) is 5.56 Å². The number of H-pyrrole nitrogens is 1. The standard InChI is InChI=1S/C27H28ClN3O5/c28-21-9-7-19(8-10-21)26(33)30-24(17-20-18-25(32)29-23-6-2-1-5-22(20)23)27(34)36-14-4-3-11-31-12-15-35-16-13-31/h1-10,18,24H,11-17H2,(H,29,32)(H,30,33). The fraction of sp³-hybridized carbons (Fsp3) is 0.296. The van der Waals surface area contributed by atoms with Crippen LogP contribution in [0, 0.1) is 0 Å². The highest BCUT2D eigenvalue weighted by atomic mass is 35.5. The maximum absolute atomic E-state index is 13.0. The molecular formula is C27H28ClN3O5. The number of esters is 1. The van der Waals surface area contributed by atoms with Crippen LogP contribution >= 0.6 is 11.6 Å². The van der Waals surface area contributed by atoms with Crippen LogP contribution in [-0.2, 0) is 20.7 Å². The molecule has 4 rings (SSSR count). The van der Waals surface area contributed by atoms with Crippen LogP contribution in [0.2, 0.25) is 5.02 Å². The number of nitrogens with one attached hydrogen (secondary N) is 2. The third kappa shape index (κ3) is 7.04. The number of ether oxygens (including phenoxy) is 2. The van der Waals surface area contributed by atoms with Crippen LogP contribution in [0.3, 0.4) is 0 Å². The first-order chi connectivity index (χ1) is 17.5. The summed E-state index contributed by atoms with van der Waals surface area (Å²) in [6, 6.07) is 14.1. The Morgan fingerprint density at radius 1 is 1.11 bits per heavy atom. The summed E-state index contributed by atoms with van der Waals surface area (Å²) in [6.45, 7) is 3.99. The van der Waals surface area contributed by atoms with Crippen LogP contribution in [0.25, 0.3) is 10.9 Å². The number of halogens is 1. The van der Waals surface area contributed by atoms with E-state index in [0.29, 0.717) is 21.7 Å². The van der Waals surface area contributed by atoms with Crippen molar-refractivity contribution < 1.29 is 19.1 Å². The normalized spacial score (nSPS) is 15.1. The van der Waals surface area contributed by atoms with Crippen molar-refractivity contribution in [2.45, 2.75) is 12.5 Å². The fourth-order valence-electron chi connectivity index (χ4n) is 4.01. The number of hydrogen-bond donors (Lipinski definition) is 2. The Balaban J connectivity index is 1.47. The molecule has 2 heterocycles. The fourth-order valence-corrected chi connectivity index (χ4v) is 4.13. The van der Waals surface area contributed by atoms with Crippen LogP contribution in [-0.4, -0.2) is 67.3 Å². The first-order valence-electron chi connectivity index (χ1n) is 11.8. The molecule has 188 valence electrons. The second-order valence-electron chi connectivity index (χ2n) is 8.46. The highest BCUT2D eigenvalue weighted by Gasteiger charge is 2.24. The van der Waals surface area contributed by atoms with Gasteiger partial charge in [0, 0.05) is 53.6 Å². The van der Waals surface area contributed by atoms with E-state index in [1.54, 1.807) is 36.4 Å². The number of carbonyl (C=O) groups excluding carboxylic acids is 2. The van der Waals surface area contributed by atoms with Gasteiger partial charge in [-0.15, -0.1) is 0 Å². The highest BCUT2D eigenvalue weighted by molar-refractivity contribution is 6.30. The van der Waals surface area contributed by atoms with Crippen molar-refractivity contribution >= 4 is 34.4 Å². The molecule has 3 aromatic rings. The number of hydrogen-bond acceptors (Lipinski definition) is 6. The molecule has 1 aliphatic heterocycles. The van der Waals surface area contributed by atoms with Gasteiger partial charge in [-0.3, -0.25) is 14.5 Å². The lowest BCUT2D eigenvalue weighted by atomic mass is 10.0. The number of fused-ring (bicyclic) bond motifs is 1. The third-order valence-electron chi connectivity index (χ3n) is 5.91. The Morgan fingerprint density at radius 3 is 2.64 bits per heavy atom. The summed E-state index contributed by atoms with van der Waals surface area (Å²) in [4.78, 5) is 43.2. The molecule has 9 heteroatoms. The Hall–Kier alpha value is -3.46. The van der Waals surface area contributed by atoms with Gasteiger partial charge in [0.05, 0.1) is 13.2 Å². The van der Waals surface area contributed by atoms with Gasteiger partial charge in [0.25, 0.3) is 5.91 Å². The van der Waals surface area contributed by atoms with E-state index in [-0.39, 0.29) is 18.6 Å². The smallest absolute Gasteiger partial charge is 0.329 e. The molecule has 2 N–H and O–H groups in total. The number of pyridine rings is 1. The Kier molecular flexibility index (Phi) is 8.89. The van der Waals surface area contributed by atoms with Crippen molar-refractivity contribution in [2.24, 2.45) is 0 Å². The number of para-hydroxylation sites is 1. The van der Waals surface area contributed by atoms with E-state index in [0.717, 1.165) is 38.2 Å². The average Bonchev–Trinajstić information content (AvgIpc) is 2.88. The van der Waals surface area contributed by atoms with Crippen molar-refractivity contribution in [1.82, 2.24) is 15.2 Å². The highest BCUT2D eigenvalue weighted by Crippen LogP contribution is 2.17. The summed E-state index contributed by atoms with van der Waals surface area (Å²) >= 11 is 5.93. The average molecular weight is 510 g/mol. The molecule has 0 saturated carbocycles. The number of aromatic amines is 1. The summed E-state index contributed by atoms with van der Waals surface area (Å²) in [5.74, 6) is -1.02. The second-order valence-corrected chi connectivity index (χ2v) is 8.89. The second kappa shape index (κ2) is 12.5. The zero-order valence-electron chi connectivity index (χ0n) is 19.7. The number of morpholine rings is 1. The molecular weight excluding hydrogens is 482 g/mol. The van der Waals surface area contributed by atoms with Crippen LogP contribution in [0.5, 0.6) is 0 Å². The quantitative estimate of drug-likeness (QED) is 0.340. The van der Waals surface area contributed by atoms with E-state index in [9.17, 15) is 14.4 Å². The molecule has 0 aliphatic carbocycles. The topological polar surface area (TPSA) is 101 Å². The molecule has 1 unspecified atom stereocenters. The van der Waals surface area contributed by atoms with Crippen LogP contribution in [0.1, 0.15) is 15.9 Å². The van der Waals surface area contributed by atoms with Crippen LogP contribution in [0.4, 0.5) is 0 Å². The monoisotopic (exact) mass is 509 g/mol. The maximum atomic E-state index is 13.0. The van der Waals surface area contributed by atoms with Gasteiger partial charge in [-0.2, -0.15) is 0 Å². The minimum atomic E-state index is -0.994. The molecule has 0 spiro atoms. The predicted octanol–water partition coefficient (Wildman–Crippen LogP) is 2.95. The van der Waals surface area contributed by atoms with Crippen molar-refractivity contribution in [3.8, 4) is 0 Å². The molecule has 8 nitrogen and oxygen atoms in total. The molecule has 1 aromatic heterocycles. The van der Waals surface area contributed by atoms with Crippen LogP contribution in [0.15, 0.2) is 71.5 Å². The van der Waals surface area contributed by atoms with E-state index in [2.05, 4.69) is 15.2 Å². The van der Waals surface area contributed by atoms with E-state index >= 15 is 0 Å². The Labute approximate surface area is 213 Å². The first-order valence-corrected chi connectivity index (χ1v) is 12.2. The first kappa shape index (κ1) is 25.6. The number of amides is 1. The van der Waals surface area contributed by atoms with Gasteiger partial charge in [0.1, 0.15) is 12.6 Å². The molecule has 2 aromatic carbocycles. The van der Waals surface area contributed by atoms with Gasteiger partial charge in [-0.1, -0.05) is 35.9 Å². The van der Waals surface area contributed by atoms with Crippen LogP contribution < -0.4 is 10.9 Å². The lowest BCUT2D eigenvalue weighted by Crippen LogP contribution is -2.43. The summed E-state index contributed by atoms with van der Waals surface area (Å²) < 4.78 is 10.8. The lowest BCUT2D eigenvalue weighted by Gasteiger charge is -2.25. The Morgan fingerprint density at radius 2 is 1.86 bits per heavy atom. The third-order valence-corrected chi connectivity index (χ3v) is 6.16. The van der Waals surface area contributed by atoms with E-state index in [1.807, 2.05) is 24.3 Å². The zero-order valence-corrected chi connectivity index (χ0v) is 20.5. The largest absolute Gasteiger partial charge is 0.460 e.